The minimum atomic E-state index is 1.10. The van der Waals surface area contributed by atoms with Gasteiger partial charge in [-0.25, -0.2) is 0 Å². The first-order chi connectivity index (χ1) is 7.38. The van der Waals surface area contributed by atoms with Crippen molar-refractivity contribution in [3.8, 4) is 0 Å². The van der Waals surface area contributed by atoms with Crippen LogP contribution in [-0.4, -0.2) is 0 Å². The van der Waals surface area contributed by atoms with E-state index in [1.165, 1.54) is 25.7 Å². The molecular formula is C15H28. The minimum Gasteiger partial charge on any atom is -0.0654 e. The van der Waals surface area contributed by atoms with Gasteiger partial charge in [0.1, 0.15) is 0 Å². The van der Waals surface area contributed by atoms with Crippen molar-refractivity contribution in [1.29, 1.82) is 0 Å². The summed E-state index contributed by atoms with van der Waals surface area (Å²) in [6, 6.07) is 0. The molecule has 0 aliphatic heterocycles. The van der Waals surface area contributed by atoms with Crippen molar-refractivity contribution in [1.82, 2.24) is 0 Å². The topological polar surface area (TPSA) is 0 Å². The van der Waals surface area contributed by atoms with Gasteiger partial charge in [0.2, 0.25) is 0 Å². The highest BCUT2D eigenvalue weighted by Gasteiger charge is 2.24. The van der Waals surface area contributed by atoms with Crippen LogP contribution < -0.4 is 0 Å². The zero-order valence-corrected chi connectivity index (χ0v) is 10.5. The SMILES string of the molecule is CCCC1CCC(CCCC2CCC2)C1. The zero-order chi connectivity index (χ0) is 10.5. The minimum absolute atomic E-state index is 1.10. The van der Waals surface area contributed by atoms with E-state index in [1.54, 1.807) is 44.9 Å². The molecule has 0 heteroatoms. The summed E-state index contributed by atoms with van der Waals surface area (Å²) < 4.78 is 0. The van der Waals surface area contributed by atoms with Crippen molar-refractivity contribution >= 4 is 0 Å². The first-order valence-corrected chi connectivity index (χ1v) is 7.38. The van der Waals surface area contributed by atoms with Crippen LogP contribution in [0.25, 0.3) is 0 Å². The highest BCUT2D eigenvalue weighted by atomic mass is 14.3. The van der Waals surface area contributed by atoms with Gasteiger partial charge >= 0.3 is 0 Å². The molecule has 2 aliphatic rings. The van der Waals surface area contributed by atoms with Crippen molar-refractivity contribution in [3.63, 3.8) is 0 Å². The van der Waals surface area contributed by atoms with E-state index in [0.29, 0.717) is 0 Å². The molecule has 15 heavy (non-hydrogen) atoms. The molecule has 0 bridgehead atoms. The summed E-state index contributed by atoms with van der Waals surface area (Å²) in [5.74, 6) is 3.35. The lowest BCUT2D eigenvalue weighted by atomic mass is 9.81. The molecule has 0 amide bonds. The number of rotatable bonds is 6. The van der Waals surface area contributed by atoms with Crippen molar-refractivity contribution < 1.29 is 0 Å². The Kier molecular flexibility index (Phi) is 4.53. The highest BCUT2D eigenvalue weighted by molar-refractivity contribution is 4.76. The van der Waals surface area contributed by atoms with Crippen LogP contribution in [-0.2, 0) is 0 Å². The van der Waals surface area contributed by atoms with E-state index in [9.17, 15) is 0 Å². The molecule has 2 unspecified atom stereocenters. The lowest BCUT2D eigenvalue weighted by Gasteiger charge is -2.25. The van der Waals surface area contributed by atoms with E-state index in [1.807, 2.05) is 0 Å². The molecule has 2 saturated carbocycles. The van der Waals surface area contributed by atoms with Gasteiger partial charge in [0.15, 0.2) is 0 Å². The van der Waals surface area contributed by atoms with Gasteiger partial charge in [-0.1, -0.05) is 71.1 Å². The van der Waals surface area contributed by atoms with Gasteiger partial charge in [-0.05, 0) is 24.2 Å². The van der Waals surface area contributed by atoms with Gasteiger partial charge in [0.05, 0.1) is 0 Å². The normalized spacial score (nSPS) is 31.8. The van der Waals surface area contributed by atoms with E-state index in [-0.39, 0.29) is 0 Å². The fraction of sp³-hybridized carbons (Fsp3) is 1.00. The van der Waals surface area contributed by atoms with Gasteiger partial charge in [0, 0.05) is 0 Å². The Bertz CT molecular complexity index is 169. The maximum atomic E-state index is 2.34. The standard InChI is InChI=1S/C15H28/c1-2-5-14-10-11-15(12-14)9-4-8-13-6-3-7-13/h13-15H,2-12H2,1H3. The first-order valence-electron chi connectivity index (χ1n) is 7.38. The fourth-order valence-electron chi connectivity index (χ4n) is 3.59. The highest BCUT2D eigenvalue weighted by Crippen LogP contribution is 2.38. The lowest BCUT2D eigenvalue weighted by Crippen LogP contribution is -2.10. The van der Waals surface area contributed by atoms with Crippen molar-refractivity contribution in [2.75, 3.05) is 0 Å². The van der Waals surface area contributed by atoms with Gasteiger partial charge < -0.3 is 0 Å². The van der Waals surface area contributed by atoms with E-state index in [2.05, 4.69) is 6.92 Å². The van der Waals surface area contributed by atoms with Crippen LogP contribution in [0, 0.1) is 17.8 Å². The van der Waals surface area contributed by atoms with Crippen LogP contribution in [0.5, 0.6) is 0 Å². The Labute approximate surface area is 95.8 Å². The summed E-state index contributed by atoms with van der Waals surface area (Å²) in [6.07, 6.45) is 16.8. The average Bonchev–Trinajstić information content (AvgIpc) is 2.58. The van der Waals surface area contributed by atoms with E-state index in [0.717, 1.165) is 17.8 Å². The smallest absolute Gasteiger partial charge is 0.0412 e. The third-order valence-corrected chi connectivity index (χ3v) is 4.80. The summed E-state index contributed by atoms with van der Waals surface area (Å²) in [5, 5.41) is 0. The maximum Gasteiger partial charge on any atom is -0.0412 e. The van der Waals surface area contributed by atoms with Crippen molar-refractivity contribution in [3.05, 3.63) is 0 Å². The zero-order valence-electron chi connectivity index (χ0n) is 10.5. The van der Waals surface area contributed by atoms with Gasteiger partial charge in [-0.15, -0.1) is 0 Å². The molecule has 0 spiro atoms. The molecular weight excluding hydrogens is 180 g/mol. The Morgan fingerprint density at radius 2 is 1.47 bits per heavy atom. The van der Waals surface area contributed by atoms with E-state index < -0.39 is 0 Å². The van der Waals surface area contributed by atoms with E-state index in [4.69, 9.17) is 0 Å². The van der Waals surface area contributed by atoms with Crippen LogP contribution in [0.2, 0.25) is 0 Å². The predicted molar refractivity (Wildman–Crippen MR) is 66.9 cm³/mol. The van der Waals surface area contributed by atoms with Gasteiger partial charge in [0.25, 0.3) is 0 Å². The first kappa shape index (κ1) is 11.5. The second kappa shape index (κ2) is 5.92. The molecule has 2 fully saturated rings. The Balaban J connectivity index is 1.52. The van der Waals surface area contributed by atoms with E-state index >= 15 is 0 Å². The Morgan fingerprint density at radius 1 is 0.800 bits per heavy atom. The second-order valence-electron chi connectivity index (χ2n) is 6.06. The average molecular weight is 208 g/mol. The molecule has 2 aliphatic carbocycles. The molecule has 0 N–H and O–H groups in total. The molecule has 0 saturated heterocycles. The van der Waals surface area contributed by atoms with Crippen molar-refractivity contribution in [2.24, 2.45) is 17.8 Å². The monoisotopic (exact) mass is 208 g/mol. The number of hydrogen-bond donors (Lipinski definition) is 0. The second-order valence-corrected chi connectivity index (χ2v) is 6.06. The molecule has 0 aromatic rings. The molecule has 2 rings (SSSR count). The van der Waals surface area contributed by atoms with Crippen LogP contribution in [0.15, 0.2) is 0 Å². The predicted octanol–water partition coefficient (Wildman–Crippen LogP) is 5.17. The maximum absolute atomic E-state index is 2.34. The summed E-state index contributed by atoms with van der Waals surface area (Å²) in [7, 11) is 0. The van der Waals surface area contributed by atoms with Gasteiger partial charge in [-0.2, -0.15) is 0 Å². The van der Waals surface area contributed by atoms with Crippen LogP contribution in [0.4, 0.5) is 0 Å². The summed E-state index contributed by atoms with van der Waals surface area (Å²) >= 11 is 0. The van der Waals surface area contributed by atoms with Gasteiger partial charge in [-0.3, -0.25) is 0 Å². The summed E-state index contributed by atoms with van der Waals surface area (Å²) in [6.45, 7) is 2.34. The van der Waals surface area contributed by atoms with Crippen LogP contribution in [0.1, 0.15) is 77.6 Å². The summed E-state index contributed by atoms with van der Waals surface area (Å²) in [5.41, 5.74) is 0. The summed E-state index contributed by atoms with van der Waals surface area (Å²) in [4.78, 5) is 0. The Morgan fingerprint density at radius 3 is 2.07 bits per heavy atom. The number of hydrogen-bond acceptors (Lipinski definition) is 0. The molecule has 0 nitrogen and oxygen atoms in total. The molecule has 0 aromatic carbocycles. The Hall–Kier alpha value is 0. The van der Waals surface area contributed by atoms with Crippen LogP contribution >= 0.6 is 0 Å². The third-order valence-electron chi connectivity index (χ3n) is 4.80. The van der Waals surface area contributed by atoms with Crippen LogP contribution in [0.3, 0.4) is 0 Å². The molecule has 2 atom stereocenters. The fourth-order valence-corrected chi connectivity index (χ4v) is 3.59. The molecule has 0 heterocycles. The quantitative estimate of drug-likeness (QED) is 0.564. The van der Waals surface area contributed by atoms with Crippen molar-refractivity contribution in [2.45, 2.75) is 77.6 Å². The molecule has 88 valence electrons. The molecule has 0 aromatic heterocycles. The molecule has 0 radical (unpaired) electrons. The lowest BCUT2D eigenvalue weighted by molar-refractivity contribution is 0.278. The third kappa shape index (κ3) is 3.50. The largest absolute Gasteiger partial charge is 0.0654 e.